The Morgan fingerprint density at radius 3 is 2.95 bits per heavy atom. The van der Waals surface area contributed by atoms with Crippen molar-refractivity contribution < 1.29 is 9.26 Å². The average molecular weight is 273 g/mol. The van der Waals surface area contributed by atoms with Crippen molar-refractivity contribution in [1.82, 2.24) is 10.1 Å². The van der Waals surface area contributed by atoms with E-state index in [4.69, 9.17) is 15.0 Å². The molecule has 5 heteroatoms. The molecule has 0 aliphatic carbocycles. The van der Waals surface area contributed by atoms with Gasteiger partial charge in [0.15, 0.2) is 5.82 Å². The summed E-state index contributed by atoms with van der Waals surface area (Å²) in [6.07, 6.45) is 1.51. The molecule has 5 nitrogen and oxygen atoms in total. The smallest absolute Gasteiger partial charge is 0.226 e. The second-order valence-electron chi connectivity index (χ2n) is 5.94. The Morgan fingerprint density at radius 1 is 1.35 bits per heavy atom. The van der Waals surface area contributed by atoms with Gasteiger partial charge in [-0.05, 0) is 26.3 Å². The maximum absolute atomic E-state index is 5.97. The molecule has 1 aromatic carbocycles. The molecule has 2 N–H and O–H groups in total. The average Bonchev–Trinajstić information content (AvgIpc) is 3.01. The Labute approximate surface area is 118 Å². The summed E-state index contributed by atoms with van der Waals surface area (Å²) in [5.41, 5.74) is 6.87. The first-order valence-electron chi connectivity index (χ1n) is 6.86. The van der Waals surface area contributed by atoms with Gasteiger partial charge in [0.1, 0.15) is 12.4 Å². The predicted molar refractivity (Wildman–Crippen MR) is 74.7 cm³/mol. The van der Waals surface area contributed by atoms with Crippen molar-refractivity contribution in [2.45, 2.75) is 38.1 Å². The van der Waals surface area contributed by atoms with Crippen molar-refractivity contribution >= 4 is 0 Å². The Hall–Kier alpha value is -1.88. The van der Waals surface area contributed by atoms with Crippen LogP contribution in [0.4, 0.5) is 0 Å². The fraction of sp³-hybridized carbons (Fsp3) is 0.467. The van der Waals surface area contributed by atoms with E-state index in [9.17, 15) is 0 Å². The van der Waals surface area contributed by atoms with E-state index in [0.717, 1.165) is 17.7 Å². The van der Waals surface area contributed by atoms with Crippen LogP contribution >= 0.6 is 0 Å². The van der Waals surface area contributed by atoms with E-state index in [1.807, 2.05) is 38.1 Å². The van der Waals surface area contributed by atoms with E-state index in [2.05, 4.69) is 10.1 Å². The molecule has 106 valence electrons. The highest BCUT2D eigenvalue weighted by atomic mass is 16.5. The molecule has 3 rings (SSSR count). The van der Waals surface area contributed by atoms with Gasteiger partial charge in [-0.3, -0.25) is 0 Å². The van der Waals surface area contributed by atoms with E-state index in [-0.39, 0.29) is 11.5 Å². The molecule has 0 fully saturated rings. The van der Waals surface area contributed by atoms with E-state index >= 15 is 0 Å². The van der Waals surface area contributed by atoms with Gasteiger partial charge in [-0.2, -0.15) is 4.98 Å². The lowest BCUT2D eigenvalue weighted by Gasteiger charge is -2.16. The molecule has 0 spiro atoms. The highest BCUT2D eigenvalue weighted by molar-refractivity contribution is 5.42. The fourth-order valence-corrected chi connectivity index (χ4v) is 2.32. The second-order valence-corrected chi connectivity index (χ2v) is 5.94. The summed E-state index contributed by atoms with van der Waals surface area (Å²) >= 11 is 0. The van der Waals surface area contributed by atoms with Crippen LogP contribution in [-0.4, -0.2) is 22.3 Å². The van der Waals surface area contributed by atoms with Crippen molar-refractivity contribution in [2.24, 2.45) is 5.73 Å². The molecule has 1 aromatic heterocycles. The van der Waals surface area contributed by atoms with Gasteiger partial charge in [-0.25, -0.2) is 0 Å². The third kappa shape index (κ3) is 2.67. The summed E-state index contributed by atoms with van der Waals surface area (Å²) in [6, 6.07) is 7.98. The largest absolute Gasteiger partial charge is 0.492 e. The van der Waals surface area contributed by atoms with Crippen molar-refractivity contribution in [1.29, 1.82) is 0 Å². The van der Waals surface area contributed by atoms with Crippen molar-refractivity contribution in [3.8, 4) is 5.75 Å². The lowest BCUT2D eigenvalue weighted by molar-refractivity contribution is 0.329. The number of fused-ring (bicyclic) bond motifs is 1. The number of nitrogens with zero attached hydrogens (tertiary/aromatic N) is 2. The first-order chi connectivity index (χ1) is 9.53. The second kappa shape index (κ2) is 4.90. The van der Waals surface area contributed by atoms with Crippen molar-refractivity contribution in [3.63, 3.8) is 0 Å². The number of aryl methyl sites for hydroxylation is 1. The summed E-state index contributed by atoms with van der Waals surface area (Å²) in [4.78, 5) is 4.48. The number of hydrogen-bond donors (Lipinski definition) is 1. The number of ether oxygens (including phenoxy) is 1. The monoisotopic (exact) mass is 273 g/mol. The van der Waals surface area contributed by atoms with Gasteiger partial charge in [0.2, 0.25) is 5.89 Å². The van der Waals surface area contributed by atoms with Gasteiger partial charge >= 0.3 is 0 Å². The molecule has 1 aliphatic rings. The minimum Gasteiger partial charge on any atom is -0.492 e. The topological polar surface area (TPSA) is 74.2 Å². The van der Waals surface area contributed by atoms with E-state index in [1.165, 1.54) is 0 Å². The molecular formula is C15H19N3O2. The van der Waals surface area contributed by atoms with E-state index in [1.54, 1.807) is 0 Å². The zero-order valence-corrected chi connectivity index (χ0v) is 11.8. The first kappa shape index (κ1) is 13.1. The molecule has 0 saturated carbocycles. The van der Waals surface area contributed by atoms with Crippen LogP contribution in [0.3, 0.4) is 0 Å². The molecule has 0 amide bonds. The molecule has 1 unspecified atom stereocenters. The number of rotatable bonds is 4. The molecule has 1 atom stereocenters. The molecule has 0 bridgehead atoms. The lowest BCUT2D eigenvalue weighted by atomic mass is 10.00. The van der Waals surface area contributed by atoms with Crippen molar-refractivity contribution in [3.05, 3.63) is 41.5 Å². The van der Waals surface area contributed by atoms with Gasteiger partial charge in [-0.15, -0.1) is 0 Å². The van der Waals surface area contributed by atoms with Gasteiger partial charge < -0.3 is 15.0 Å². The SMILES string of the molecule is CC(C)(N)CCc1nc(C2COc3ccccc32)no1. The van der Waals surface area contributed by atoms with Crippen LogP contribution in [0.15, 0.2) is 28.8 Å². The van der Waals surface area contributed by atoms with Gasteiger partial charge in [0.25, 0.3) is 0 Å². The van der Waals surface area contributed by atoms with Crippen LogP contribution in [0.1, 0.15) is 43.5 Å². The predicted octanol–water partition coefficient (Wildman–Crippen LogP) is 2.26. The molecule has 0 radical (unpaired) electrons. The van der Waals surface area contributed by atoms with E-state index < -0.39 is 0 Å². The Bertz CT molecular complexity index is 601. The third-order valence-electron chi connectivity index (χ3n) is 3.48. The highest BCUT2D eigenvalue weighted by Gasteiger charge is 2.29. The number of hydrogen-bond acceptors (Lipinski definition) is 5. The molecule has 0 saturated heterocycles. The molecule has 20 heavy (non-hydrogen) atoms. The number of para-hydroxylation sites is 1. The zero-order chi connectivity index (χ0) is 14.2. The van der Waals surface area contributed by atoms with Crippen LogP contribution in [0.2, 0.25) is 0 Å². The molecule has 2 aromatic rings. The Morgan fingerprint density at radius 2 is 2.15 bits per heavy atom. The summed E-state index contributed by atoms with van der Waals surface area (Å²) < 4.78 is 11.0. The third-order valence-corrected chi connectivity index (χ3v) is 3.48. The molecular weight excluding hydrogens is 254 g/mol. The minimum atomic E-state index is -0.225. The van der Waals surface area contributed by atoms with Gasteiger partial charge in [-0.1, -0.05) is 23.4 Å². The number of nitrogens with two attached hydrogens (primary N) is 1. The van der Waals surface area contributed by atoms with Crippen LogP contribution < -0.4 is 10.5 Å². The van der Waals surface area contributed by atoms with Gasteiger partial charge in [0, 0.05) is 17.5 Å². The van der Waals surface area contributed by atoms with Crippen molar-refractivity contribution in [2.75, 3.05) is 6.61 Å². The van der Waals surface area contributed by atoms with E-state index in [0.29, 0.717) is 24.7 Å². The lowest BCUT2D eigenvalue weighted by Crippen LogP contribution is -2.32. The highest BCUT2D eigenvalue weighted by Crippen LogP contribution is 2.36. The molecule has 2 heterocycles. The standard InChI is InChI=1S/C15H19N3O2/c1-15(2,16)8-7-13-17-14(18-20-13)11-9-19-12-6-4-3-5-10(11)12/h3-6,11H,7-9,16H2,1-2H3. The first-order valence-corrected chi connectivity index (χ1v) is 6.86. The number of benzene rings is 1. The summed E-state index contributed by atoms with van der Waals surface area (Å²) in [5, 5.41) is 4.09. The molecule has 1 aliphatic heterocycles. The minimum absolute atomic E-state index is 0.0644. The fourth-order valence-electron chi connectivity index (χ4n) is 2.32. The van der Waals surface area contributed by atoms with Crippen LogP contribution in [-0.2, 0) is 6.42 Å². The van der Waals surface area contributed by atoms with Crippen LogP contribution in [0.5, 0.6) is 5.75 Å². The normalized spacial score (nSPS) is 17.9. The van der Waals surface area contributed by atoms with Crippen LogP contribution in [0.25, 0.3) is 0 Å². The zero-order valence-electron chi connectivity index (χ0n) is 11.8. The maximum Gasteiger partial charge on any atom is 0.226 e. The summed E-state index contributed by atoms with van der Waals surface area (Å²) in [5.74, 6) is 2.31. The Balaban J connectivity index is 1.75. The Kier molecular flexibility index (Phi) is 3.22. The summed E-state index contributed by atoms with van der Waals surface area (Å²) in [7, 11) is 0. The number of aromatic nitrogens is 2. The van der Waals surface area contributed by atoms with Crippen LogP contribution in [0, 0.1) is 0 Å². The summed E-state index contributed by atoms with van der Waals surface area (Å²) in [6.45, 7) is 4.55. The maximum atomic E-state index is 5.97. The van der Waals surface area contributed by atoms with Gasteiger partial charge in [0.05, 0.1) is 5.92 Å². The quantitative estimate of drug-likeness (QED) is 0.925.